The van der Waals surface area contributed by atoms with Crippen LogP contribution < -0.4 is 15.2 Å². The van der Waals surface area contributed by atoms with Crippen LogP contribution in [-0.2, 0) is 21.0 Å². The van der Waals surface area contributed by atoms with E-state index in [-0.39, 0.29) is 9.92 Å². The summed E-state index contributed by atoms with van der Waals surface area (Å²) in [4.78, 5) is 12.5. The summed E-state index contributed by atoms with van der Waals surface area (Å²) >= 11 is 9.42. The number of alkyl halides is 3. The molecule has 0 saturated heterocycles. The van der Waals surface area contributed by atoms with Gasteiger partial charge in [0.1, 0.15) is 6.54 Å². The van der Waals surface area contributed by atoms with Crippen LogP contribution in [0.5, 0.6) is 0 Å². The molecule has 0 aromatic heterocycles. The summed E-state index contributed by atoms with van der Waals surface area (Å²) < 4.78 is 68.0. The number of hydrogen-bond acceptors (Lipinski definition) is 4. The van der Waals surface area contributed by atoms with Crippen LogP contribution in [0.15, 0.2) is 88.7 Å². The zero-order chi connectivity index (χ0) is 25.8. The van der Waals surface area contributed by atoms with Crippen LogP contribution >= 0.6 is 27.5 Å². The third-order valence-corrected chi connectivity index (χ3v) is 7.27. The van der Waals surface area contributed by atoms with Crippen molar-refractivity contribution in [3.05, 3.63) is 100.0 Å². The Hall–Kier alpha value is -3.02. The molecule has 0 aliphatic rings. The number of benzene rings is 3. The van der Waals surface area contributed by atoms with E-state index >= 15 is 0 Å². The molecule has 3 aromatic rings. The molecule has 0 bridgehead atoms. The van der Waals surface area contributed by atoms with E-state index in [9.17, 15) is 26.4 Å². The van der Waals surface area contributed by atoms with E-state index in [2.05, 4.69) is 33.4 Å². The lowest BCUT2D eigenvalue weighted by Crippen LogP contribution is -2.45. The van der Waals surface area contributed by atoms with Gasteiger partial charge in [-0.15, -0.1) is 0 Å². The number of carbonyl (C=O) groups excluding carboxylic acids is 1. The van der Waals surface area contributed by atoms with Crippen molar-refractivity contribution in [2.75, 3.05) is 10.8 Å². The Bertz CT molecular complexity index is 1350. The molecule has 2 N–H and O–H groups in total. The molecule has 1 amide bonds. The van der Waals surface area contributed by atoms with Crippen molar-refractivity contribution in [1.29, 1.82) is 0 Å². The van der Waals surface area contributed by atoms with E-state index in [0.29, 0.717) is 21.6 Å². The van der Waals surface area contributed by atoms with Gasteiger partial charge in [0.2, 0.25) is 0 Å². The fourth-order valence-electron chi connectivity index (χ4n) is 2.96. The third kappa shape index (κ3) is 6.56. The normalized spacial score (nSPS) is 11.6. The molecule has 0 radical (unpaired) electrons. The van der Waals surface area contributed by atoms with Crippen molar-refractivity contribution >= 4 is 54.8 Å². The molecule has 0 aliphatic heterocycles. The largest absolute Gasteiger partial charge is 0.416 e. The standard InChI is InChI=1S/C23H18BrClF3N3O3S/c1-15(16-6-5-7-18(24)12-16)29-30-22(32)14-31(35(33,34)19-8-3-2-4-9-19)21-13-17(23(26,27)28)10-11-20(21)25/h2-13,29H,1,14H2,(H,30,32). The van der Waals surface area contributed by atoms with Crippen molar-refractivity contribution in [2.45, 2.75) is 11.1 Å². The molecule has 35 heavy (non-hydrogen) atoms. The molecule has 0 atom stereocenters. The number of hydrazine groups is 1. The molecular formula is C23H18BrClF3N3O3S. The molecule has 12 heteroatoms. The Kier molecular flexibility index (Phi) is 8.14. The number of sulfonamides is 1. The van der Waals surface area contributed by atoms with Gasteiger partial charge in [-0.1, -0.05) is 64.4 Å². The van der Waals surface area contributed by atoms with Crippen LogP contribution in [0.25, 0.3) is 5.70 Å². The Balaban J connectivity index is 1.92. The van der Waals surface area contributed by atoms with Crippen molar-refractivity contribution in [2.24, 2.45) is 0 Å². The lowest BCUT2D eigenvalue weighted by atomic mass is 10.2. The minimum absolute atomic E-state index is 0.229. The lowest BCUT2D eigenvalue weighted by molar-refractivity contribution is -0.137. The second kappa shape index (κ2) is 10.7. The van der Waals surface area contributed by atoms with Gasteiger partial charge in [-0.25, -0.2) is 8.42 Å². The Labute approximate surface area is 213 Å². The summed E-state index contributed by atoms with van der Waals surface area (Å²) in [5, 5.41) is -0.281. The number of carbonyl (C=O) groups is 1. The number of nitrogens with one attached hydrogen (secondary N) is 2. The summed E-state index contributed by atoms with van der Waals surface area (Å²) in [5.41, 5.74) is 4.21. The monoisotopic (exact) mass is 587 g/mol. The van der Waals surface area contributed by atoms with Crippen molar-refractivity contribution in [1.82, 2.24) is 10.9 Å². The maximum absolute atomic E-state index is 13.3. The first-order valence-electron chi connectivity index (χ1n) is 9.84. The van der Waals surface area contributed by atoms with Crippen LogP contribution in [0.3, 0.4) is 0 Å². The van der Waals surface area contributed by atoms with Crippen molar-refractivity contribution < 1.29 is 26.4 Å². The van der Waals surface area contributed by atoms with Gasteiger partial charge in [-0.2, -0.15) is 13.2 Å². The Morgan fingerprint density at radius 2 is 1.69 bits per heavy atom. The van der Waals surface area contributed by atoms with Crippen LogP contribution in [-0.4, -0.2) is 20.9 Å². The predicted molar refractivity (Wildman–Crippen MR) is 132 cm³/mol. The highest BCUT2D eigenvalue weighted by Crippen LogP contribution is 2.37. The number of anilines is 1. The van der Waals surface area contributed by atoms with Gasteiger partial charge >= 0.3 is 6.18 Å². The molecule has 0 aliphatic carbocycles. The van der Waals surface area contributed by atoms with Gasteiger partial charge in [-0.3, -0.25) is 20.0 Å². The quantitative estimate of drug-likeness (QED) is 0.336. The smallest absolute Gasteiger partial charge is 0.299 e. The first-order chi connectivity index (χ1) is 16.4. The molecular weight excluding hydrogens is 571 g/mol. The van der Waals surface area contributed by atoms with E-state index in [1.165, 1.54) is 24.3 Å². The zero-order valence-corrected chi connectivity index (χ0v) is 21.0. The number of amides is 1. The average Bonchev–Trinajstić information content (AvgIpc) is 2.81. The molecule has 0 heterocycles. The van der Waals surface area contributed by atoms with Crippen LogP contribution in [0.1, 0.15) is 11.1 Å². The SMILES string of the molecule is C=C(NNC(=O)CN(c1cc(C(F)(F)F)ccc1Cl)S(=O)(=O)c1ccccc1)c1cccc(Br)c1. The summed E-state index contributed by atoms with van der Waals surface area (Å²) in [7, 11) is -4.47. The number of hydrogen-bond donors (Lipinski definition) is 2. The highest BCUT2D eigenvalue weighted by atomic mass is 79.9. The van der Waals surface area contributed by atoms with Crippen molar-refractivity contribution in [3.63, 3.8) is 0 Å². The minimum atomic E-state index is -4.76. The van der Waals surface area contributed by atoms with Crippen LogP contribution in [0.4, 0.5) is 18.9 Å². The van der Waals surface area contributed by atoms with Crippen molar-refractivity contribution in [3.8, 4) is 0 Å². The molecule has 6 nitrogen and oxygen atoms in total. The summed E-state index contributed by atoms with van der Waals surface area (Å²) in [6.07, 6.45) is -4.76. The number of nitrogens with zero attached hydrogens (tertiary/aromatic N) is 1. The summed E-state index contributed by atoms with van der Waals surface area (Å²) in [5.74, 6) is -0.867. The maximum atomic E-state index is 13.3. The fourth-order valence-corrected chi connectivity index (χ4v) is 5.08. The van der Waals surface area contributed by atoms with Gasteiger partial charge in [-0.05, 0) is 48.0 Å². The van der Waals surface area contributed by atoms with Gasteiger partial charge in [0.05, 0.1) is 26.9 Å². The van der Waals surface area contributed by atoms with E-state index in [4.69, 9.17) is 11.6 Å². The van der Waals surface area contributed by atoms with Gasteiger partial charge in [0.15, 0.2) is 0 Å². The Morgan fingerprint density at radius 1 is 1.00 bits per heavy atom. The second-order valence-corrected chi connectivity index (χ2v) is 10.3. The fraction of sp³-hybridized carbons (Fsp3) is 0.0870. The molecule has 3 aromatic carbocycles. The summed E-state index contributed by atoms with van der Waals surface area (Å²) in [6, 6.07) is 16.2. The molecule has 0 fully saturated rings. The third-order valence-electron chi connectivity index (χ3n) is 4.69. The molecule has 3 rings (SSSR count). The summed E-state index contributed by atoms with van der Waals surface area (Å²) in [6.45, 7) is 2.94. The van der Waals surface area contributed by atoms with Crippen LogP contribution in [0, 0.1) is 0 Å². The molecule has 184 valence electrons. The minimum Gasteiger partial charge on any atom is -0.299 e. The van der Waals surface area contributed by atoms with E-state index in [1.807, 2.05) is 0 Å². The highest BCUT2D eigenvalue weighted by Gasteiger charge is 2.34. The van der Waals surface area contributed by atoms with Gasteiger partial charge in [0, 0.05) is 4.47 Å². The zero-order valence-electron chi connectivity index (χ0n) is 17.8. The predicted octanol–water partition coefficient (Wildman–Crippen LogP) is 5.61. The maximum Gasteiger partial charge on any atom is 0.416 e. The van der Waals surface area contributed by atoms with E-state index < -0.39 is 39.9 Å². The molecule has 0 unspecified atom stereocenters. The molecule has 0 spiro atoms. The molecule has 0 saturated carbocycles. The number of halogens is 5. The first kappa shape index (κ1) is 26.6. The van der Waals surface area contributed by atoms with Crippen LogP contribution in [0.2, 0.25) is 5.02 Å². The highest BCUT2D eigenvalue weighted by molar-refractivity contribution is 9.10. The average molecular weight is 589 g/mol. The van der Waals surface area contributed by atoms with E-state index in [1.54, 1.807) is 30.3 Å². The first-order valence-corrected chi connectivity index (χ1v) is 12.4. The number of rotatable bonds is 8. The van der Waals surface area contributed by atoms with E-state index in [0.717, 1.165) is 16.6 Å². The van der Waals surface area contributed by atoms with Gasteiger partial charge in [0.25, 0.3) is 15.9 Å². The Morgan fingerprint density at radius 3 is 2.31 bits per heavy atom. The topological polar surface area (TPSA) is 78.5 Å². The van der Waals surface area contributed by atoms with Gasteiger partial charge < -0.3 is 0 Å². The lowest BCUT2D eigenvalue weighted by Gasteiger charge is -2.26. The second-order valence-electron chi connectivity index (χ2n) is 7.15.